The molecule has 0 spiro atoms. The summed E-state index contributed by atoms with van der Waals surface area (Å²) in [5.74, 6) is -0.902. The molecule has 0 radical (unpaired) electrons. The van der Waals surface area contributed by atoms with E-state index in [0.29, 0.717) is 5.56 Å². The van der Waals surface area contributed by atoms with E-state index in [2.05, 4.69) is 20.5 Å². The third-order valence-corrected chi connectivity index (χ3v) is 5.15. The van der Waals surface area contributed by atoms with Gasteiger partial charge in [0.2, 0.25) is 0 Å². The maximum absolute atomic E-state index is 12.2. The van der Waals surface area contributed by atoms with E-state index in [-0.39, 0.29) is 12.5 Å². The summed E-state index contributed by atoms with van der Waals surface area (Å²) >= 11 is 0. The first-order valence-corrected chi connectivity index (χ1v) is 9.44. The number of hydrogen-bond acceptors (Lipinski definition) is 4. The lowest BCUT2D eigenvalue weighted by atomic mass is 9.94. The van der Waals surface area contributed by atoms with Crippen molar-refractivity contribution in [2.75, 3.05) is 12.3 Å². The second-order valence-electron chi connectivity index (χ2n) is 6.05. The quantitative estimate of drug-likeness (QED) is 0.521. The zero-order valence-corrected chi connectivity index (χ0v) is 14.0. The molecule has 130 valence electrons. The highest BCUT2D eigenvalue weighted by atomic mass is 32.2. The molecule has 0 saturated heterocycles. The molecule has 2 heterocycles. The number of carbonyl (C=O) groups excluding carboxylic acids is 1. The Labute approximate surface area is 143 Å². The van der Waals surface area contributed by atoms with E-state index in [0.717, 1.165) is 35.1 Å². The van der Waals surface area contributed by atoms with Crippen molar-refractivity contribution in [3.63, 3.8) is 0 Å². The molecule has 0 aliphatic heterocycles. The van der Waals surface area contributed by atoms with Gasteiger partial charge in [0.15, 0.2) is 0 Å². The highest BCUT2D eigenvalue weighted by Crippen LogP contribution is 2.36. The topological polar surface area (TPSA) is 128 Å². The van der Waals surface area contributed by atoms with E-state index in [4.69, 9.17) is 4.55 Å². The van der Waals surface area contributed by atoms with Crippen LogP contribution in [0.4, 0.5) is 0 Å². The Hall–Kier alpha value is -2.65. The van der Waals surface area contributed by atoms with Gasteiger partial charge in [-0.3, -0.25) is 14.4 Å². The average molecular weight is 360 g/mol. The third-order valence-electron chi connectivity index (χ3n) is 4.43. The first-order valence-electron chi connectivity index (χ1n) is 7.83. The number of nitrogens with zero attached hydrogens (tertiary/aromatic N) is 1. The van der Waals surface area contributed by atoms with Gasteiger partial charge in [-0.25, -0.2) is 0 Å². The Kier molecular flexibility index (Phi) is 3.62. The summed E-state index contributed by atoms with van der Waals surface area (Å²) in [7, 11) is -4.09. The molecule has 1 aromatic carbocycles. The number of benzene rings is 1. The molecule has 4 rings (SSSR count). The molecule has 25 heavy (non-hydrogen) atoms. The van der Waals surface area contributed by atoms with Crippen molar-refractivity contribution in [2.45, 2.75) is 12.8 Å². The molecular weight excluding hydrogens is 344 g/mol. The fourth-order valence-electron chi connectivity index (χ4n) is 3.24. The van der Waals surface area contributed by atoms with Crippen LogP contribution < -0.4 is 5.32 Å². The first kappa shape index (κ1) is 15.9. The van der Waals surface area contributed by atoms with Crippen molar-refractivity contribution in [1.29, 1.82) is 0 Å². The molecule has 3 aromatic rings. The predicted octanol–water partition coefficient (Wildman–Crippen LogP) is 1.27. The van der Waals surface area contributed by atoms with Crippen molar-refractivity contribution in [2.24, 2.45) is 0 Å². The molecule has 4 N–H and O–H groups in total. The maximum atomic E-state index is 12.2. The number of amides is 1. The second-order valence-corrected chi connectivity index (χ2v) is 7.62. The van der Waals surface area contributed by atoms with Gasteiger partial charge in [-0.15, -0.1) is 0 Å². The minimum absolute atomic E-state index is 0.144. The summed E-state index contributed by atoms with van der Waals surface area (Å²) in [6.45, 7) is -0.144. The van der Waals surface area contributed by atoms with Crippen LogP contribution in [0.15, 0.2) is 24.4 Å². The summed E-state index contributed by atoms with van der Waals surface area (Å²) in [6, 6.07) is 5.35. The molecule has 0 bridgehead atoms. The average Bonchev–Trinajstić information content (AvgIpc) is 3.16. The van der Waals surface area contributed by atoms with Crippen LogP contribution in [0.5, 0.6) is 0 Å². The third kappa shape index (κ3) is 2.92. The molecule has 8 nitrogen and oxygen atoms in total. The van der Waals surface area contributed by atoms with E-state index in [1.807, 2.05) is 12.3 Å². The van der Waals surface area contributed by atoms with E-state index < -0.39 is 15.9 Å². The van der Waals surface area contributed by atoms with Crippen LogP contribution in [0.1, 0.15) is 21.5 Å². The van der Waals surface area contributed by atoms with Gasteiger partial charge >= 0.3 is 0 Å². The Morgan fingerprint density at radius 1 is 1.28 bits per heavy atom. The Balaban J connectivity index is 1.63. The molecule has 0 atom stereocenters. The number of hydrogen-bond donors (Lipinski definition) is 4. The van der Waals surface area contributed by atoms with Crippen LogP contribution in [0.2, 0.25) is 0 Å². The van der Waals surface area contributed by atoms with Crippen LogP contribution in [-0.4, -0.2) is 46.4 Å². The van der Waals surface area contributed by atoms with Crippen molar-refractivity contribution in [3.8, 4) is 11.4 Å². The molecule has 9 heteroatoms. The number of nitrogens with one attached hydrogen (secondary N) is 3. The monoisotopic (exact) mass is 360 g/mol. The summed E-state index contributed by atoms with van der Waals surface area (Å²) in [5, 5.41) is 10.7. The molecule has 1 aliphatic carbocycles. The highest BCUT2D eigenvalue weighted by Gasteiger charge is 2.22. The zero-order chi connectivity index (χ0) is 17.6. The fourth-order valence-corrected chi connectivity index (χ4v) is 3.60. The van der Waals surface area contributed by atoms with Crippen molar-refractivity contribution >= 4 is 26.9 Å². The van der Waals surface area contributed by atoms with Crippen LogP contribution in [0.3, 0.4) is 0 Å². The Bertz CT molecular complexity index is 1080. The van der Waals surface area contributed by atoms with Crippen molar-refractivity contribution in [1.82, 2.24) is 20.5 Å². The van der Waals surface area contributed by atoms with Crippen LogP contribution >= 0.6 is 0 Å². The lowest BCUT2D eigenvalue weighted by Gasteiger charge is -2.11. The summed E-state index contributed by atoms with van der Waals surface area (Å²) in [6.07, 6.45) is 3.66. The van der Waals surface area contributed by atoms with Gasteiger partial charge in [0.05, 0.1) is 23.3 Å². The van der Waals surface area contributed by atoms with Crippen LogP contribution in [0.25, 0.3) is 22.3 Å². The second kappa shape index (κ2) is 5.71. The van der Waals surface area contributed by atoms with Crippen molar-refractivity contribution < 1.29 is 17.8 Å². The van der Waals surface area contributed by atoms with Gasteiger partial charge in [-0.05, 0) is 36.1 Å². The normalized spacial score (nSPS) is 13.5. The molecule has 1 amide bonds. The number of carbonyl (C=O) groups is 1. The van der Waals surface area contributed by atoms with Gasteiger partial charge in [-0.2, -0.15) is 13.5 Å². The maximum Gasteiger partial charge on any atom is 0.266 e. The first-order chi connectivity index (χ1) is 11.9. The van der Waals surface area contributed by atoms with E-state index in [1.54, 1.807) is 12.1 Å². The molecular formula is C16H16N4O4S. The number of H-pyrrole nitrogens is 2. The fraction of sp³-hybridized carbons (Fsp3) is 0.250. The lowest BCUT2D eigenvalue weighted by molar-refractivity contribution is 0.0956. The summed E-state index contributed by atoms with van der Waals surface area (Å²) in [4.78, 5) is 15.5. The zero-order valence-electron chi connectivity index (χ0n) is 13.2. The van der Waals surface area contributed by atoms with Gasteiger partial charge in [0.1, 0.15) is 0 Å². The SMILES string of the molecule is O=C(NCCS(=O)(=O)O)c1ccc2c3c([nH]c2c1)-c1[nH]ncc1CC3. The van der Waals surface area contributed by atoms with E-state index >= 15 is 0 Å². The number of aryl methyl sites for hydroxylation is 2. The summed E-state index contributed by atoms with van der Waals surface area (Å²) in [5.41, 5.74) is 5.61. The van der Waals surface area contributed by atoms with Crippen LogP contribution in [0, 0.1) is 0 Å². The van der Waals surface area contributed by atoms with Gasteiger partial charge in [0, 0.05) is 23.0 Å². The van der Waals surface area contributed by atoms with E-state index in [9.17, 15) is 13.2 Å². The van der Waals surface area contributed by atoms with Gasteiger partial charge in [-0.1, -0.05) is 6.07 Å². The number of aromatic nitrogens is 3. The van der Waals surface area contributed by atoms with Gasteiger partial charge < -0.3 is 10.3 Å². The summed E-state index contributed by atoms with van der Waals surface area (Å²) < 4.78 is 30.1. The molecule has 0 fully saturated rings. The Morgan fingerprint density at radius 2 is 2.12 bits per heavy atom. The number of aromatic amines is 2. The molecule has 0 saturated carbocycles. The van der Waals surface area contributed by atoms with Crippen molar-refractivity contribution in [3.05, 3.63) is 41.1 Å². The number of rotatable bonds is 4. The van der Waals surface area contributed by atoms with Crippen LogP contribution in [-0.2, 0) is 23.0 Å². The largest absolute Gasteiger partial charge is 0.353 e. The van der Waals surface area contributed by atoms with Gasteiger partial charge in [0.25, 0.3) is 16.0 Å². The Morgan fingerprint density at radius 3 is 2.92 bits per heavy atom. The minimum atomic E-state index is -4.09. The standard InChI is InChI=1S/C16H16N4O4S/c21-16(17-5-6-25(22,23)24)9-1-3-11-12-4-2-10-8-18-20-14(10)15(12)19-13(11)7-9/h1,3,7-8,19H,2,4-6H2,(H,17,21)(H,18,20)(H,22,23,24). The smallest absolute Gasteiger partial charge is 0.266 e. The highest BCUT2D eigenvalue weighted by molar-refractivity contribution is 7.85. The minimum Gasteiger partial charge on any atom is -0.353 e. The van der Waals surface area contributed by atoms with E-state index in [1.165, 1.54) is 11.1 Å². The molecule has 0 unspecified atom stereocenters. The lowest BCUT2D eigenvalue weighted by Crippen LogP contribution is -2.28. The molecule has 1 aliphatic rings. The number of fused-ring (bicyclic) bond motifs is 5. The predicted molar refractivity (Wildman–Crippen MR) is 92.0 cm³/mol. The molecule has 2 aromatic heterocycles.